The largest absolute Gasteiger partial charge is 0.378 e. The Morgan fingerprint density at radius 1 is 1.44 bits per heavy atom. The maximum atomic E-state index is 5.27. The van der Waals surface area contributed by atoms with Gasteiger partial charge in [0.1, 0.15) is 0 Å². The zero-order valence-electron chi connectivity index (χ0n) is 10.3. The van der Waals surface area contributed by atoms with Crippen LogP contribution in [-0.2, 0) is 4.74 Å². The van der Waals surface area contributed by atoms with Gasteiger partial charge in [-0.15, -0.1) is 0 Å². The normalized spacial score (nSPS) is 16.5. The Morgan fingerprint density at radius 2 is 2.22 bits per heavy atom. The Hall–Kier alpha value is -1.53. The number of hydrazone groups is 1. The summed E-state index contributed by atoms with van der Waals surface area (Å²) in [6, 6.07) is 5.72. The molecule has 1 saturated heterocycles. The van der Waals surface area contributed by atoms with Gasteiger partial charge in [0, 0.05) is 19.3 Å². The molecule has 0 radical (unpaired) electrons. The summed E-state index contributed by atoms with van der Waals surface area (Å²) < 4.78 is 5.27. The van der Waals surface area contributed by atoms with Crippen LogP contribution in [0, 0.1) is 0 Å². The van der Waals surface area contributed by atoms with E-state index in [1.54, 1.807) is 6.20 Å². The van der Waals surface area contributed by atoms with E-state index >= 15 is 0 Å². The molecular weight excluding hydrogens is 248 g/mol. The monoisotopic (exact) mass is 264 g/mol. The van der Waals surface area contributed by atoms with E-state index < -0.39 is 0 Å². The lowest BCUT2D eigenvalue weighted by Gasteiger charge is -2.28. The predicted octanol–water partition coefficient (Wildman–Crippen LogP) is 1.01. The van der Waals surface area contributed by atoms with Crippen molar-refractivity contribution in [3.63, 3.8) is 0 Å². The van der Waals surface area contributed by atoms with Crippen molar-refractivity contribution in [3.05, 3.63) is 30.1 Å². The number of hydrogen-bond acceptors (Lipinski definition) is 4. The smallest absolute Gasteiger partial charge is 0.189 e. The minimum atomic E-state index is 0.633. The van der Waals surface area contributed by atoms with Crippen LogP contribution in [0.15, 0.2) is 29.5 Å². The Bertz CT molecular complexity index is 429. The first-order valence-electron chi connectivity index (χ1n) is 5.86. The molecule has 1 N–H and O–H groups in total. The van der Waals surface area contributed by atoms with Crippen LogP contribution >= 0.6 is 12.2 Å². The molecule has 0 aromatic carbocycles. The fourth-order valence-electron chi connectivity index (χ4n) is 1.60. The topological polar surface area (TPSA) is 49.8 Å². The molecule has 0 amide bonds. The quantitative estimate of drug-likeness (QED) is 0.491. The molecule has 2 heterocycles. The molecule has 5 nitrogen and oxygen atoms in total. The fraction of sp³-hybridized carbons (Fsp3) is 0.417. The number of rotatable bonds is 2. The molecular formula is C12H16N4OS. The summed E-state index contributed by atoms with van der Waals surface area (Å²) >= 11 is 5.27. The van der Waals surface area contributed by atoms with Gasteiger partial charge in [-0.1, -0.05) is 6.07 Å². The highest BCUT2D eigenvalue weighted by Crippen LogP contribution is 1.99. The fourth-order valence-corrected chi connectivity index (χ4v) is 1.83. The standard InChI is InChI=1S/C12H16N4OS/c1-10(11-4-2-3-5-13-11)14-15-12(18)16-6-8-17-9-7-16/h2-5H,6-9H2,1H3,(H,15,18)/b14-10-. The lowest BCUT2D eigenvalue weighted by molar-refractivity contribution is 0.0677. The molecule has 0 saturated carbocycles. The molecule has 6 heteroatoms. The van der Waals surface area contributed by atoms with Crippen LogP contribution in [-0.4, -0.2) is 47.0 Å². The maximum absolute atomic E-state index is 5.27. The summed E-state index contributed by atoms with van der Waals surface area (Å²) in [7, 11) is 0. The van der Waals surface area contributed by atoms with Crippen molar-refractivity contribution in [3.8, 4) is 0 Å². The van der Waals surface area contributed by atoms with Crippen molar-refractivity contribution >= 4 is 23.0 Å². The molecule has 1 aliphatic rings. The van der Waals surface area contributed by atoms with Gasteiger partial charge in [0.25, 0.3) is 0 Å². The van der Waals surface area contributed by atoms with Gasteiger partial charge in [-0.3, -0.25) is 10.4 Å². The number of nitrogens with one attached hydrogen (secondary N) is 1. The average molecular weight is 264 g/mol. The van der Waals surface area contributed by atoms with Crippen molar-refractivity contribution in [2.24, 2.45) is 5.10 Å². The summed E-state index contributed by atoms with van der Waals surface area (Å²) in [5.74, 6) is 0. The highest BCUT2D eigenvalue weighted by atomic mass is 32.1. The van der Waals surface area contributed by atoms with Crippen molar-refractivity contribution in [1.82, 2.24) is 15.3 Å². The first-order chi connectivity index (χ1) is 8.77. The van der Waals surface area contributed by atoms with Gasteiger partial charge < -0.3 is 9.64 Å². The number of thiocarbonyl (C=S) groups is 1. The van der Waals surface area contributed by atoms with E-state index in [9.17, 15) is 0 Å². The third-order valence-corrected chi connectivity index (χ3v) is 3.00. The summed E-state index contributed by atoms with van der Waals surface area (Å²) in [5.41, 5.74) is 4.55. The number of nitrogens with zero attached hydrogens (tertiary/aromatic N) is 3. The molecule has 0 unspecified atom stereocenters. The zero-order valence-corrected chi connectivity index (χ0v) is 11.1. The van der Waals surface area contributed by atoms with Crippen LogP contribution in [0.3, 0.4) is 0 Å². The second-order valence-electron chi connectivity index (χ2n) is 3.93. The minimum Gasteiger partial charge on any atom is -0.378 e. The number of hydrogen-bond donors (Lipinski definition) is 1. The van der Waals surface area contributed by atoms with Crippen LogP contribution in [0.5, 0.6) is 0 Å². The summed E-state index contributed by atoms with van der Waals surface area (Å²) in [4.78, 5) is 6.27. The minimum absolute atomic E-state index is 0.633. The van der Waals surface area contributed by atoms with Crippen molar-refractivity contribution in [2.75, 3.05) is 26.3 Å². The van der Waals surface area contributed by atoms with Crippen molar-refractivity contribution < 1.29 is 4.74 Å². The van der Waals surface area contributed by atoms with Crippen LogP contribution in [0.2, 0.25) is 0 Å². The second kappa shape index (κ2) is 6.42. The molecule has 18 heavy (non-hydrogen) atoms. The van der Waals surface area contributed by atoms with E-state index in [0.717, 1.165) is 24.5 Å². The van der Waals surface area contributed by atoms with Gasteiger partial charge >= 0.3 is 0 Å². The highest BCUT2D eigenvalue weighted by molar-refractivity contribution is 7.80. The lowest BCUT2D eigenvalue weighted by atomic mass is 10.3. The summed E-state index contributed by atoms with van der Waals surface area (Å²) in [5, 5.41) is 4.88. The van der Waals surface area contributed by atoms with E-state index in [1.165, 1.54) is 0 Å². The van der Waals surface area contributed by atoms with E-state index in [0.29, 0.717) is 18.3 Å². The third kappa shape index (κ3) is 3.48. The molecule has 1 aromatic rings. The van der Waals surface area contributed by atoms with Crippen molar-refractivity contribution in [2.45, 2.75) is 6.92 Å². The number of aromatic nitrogens is 1. The molecule has 2 rings (SSSR count). The van der Waals surface area contributed by atoms with E-state index in [1.807, 2.05) is 30.0 Å². The van der Waals surface area contributed by atoms with Crippen LogP contribution in [0.4, 0.5) is 0 Å². The summed E-state index contributed by atoms with van der Waals surface area (Å²) in [6.07, 6.45) is 1.74. The van der Waals surface area contributed by atoms with Crippen LogP contribution in [0.1, 0.15) is 12.6 Å². The van der Waals surface area contributed by atoms with Gasteiger partial charge in [0.15, 0.2) is 5.11 Å². The molecule has 1 fully saturated rings. The molecule has 0 atom stereocenters. The predicted molar refractivity (Wildman–Crippen MR) is 74.6 cm³/mol. The molecule has 96 valence electrons. The number of ether oxygens (including phenoxy) is 1. The van der Waals surface area contributed by atoms with Gasteiger partial charge in [-0.05, 0) is 31.3 Å². The van der Waals surface area contributed by atoms with E-state index in [2.05, 4.69) is 15.5 Å². The first-order valence-corrected chi connectivity index (χ1v) is 6.26. The molecule has 0 bridgehead atoms. The van der Waals surface area contributed by atoms with Crippen LogP contribution < -0.4 is 5.43 Å². The first kappa shape index (κ1) is 12.9. The van der Waals surface area contributed by atoms with Gasteiger partial charge in [-0.2, -0.15) is 5.10 Å². The summed E-state index contributed by atoms with van der Waals surface area (Å²) in [6.45, 7) is 4.95. The van der Waals surface area contributed by atoms with Gasteiger partial charge in [0.05, 0.1) is 24.6 Å². The SMILES string of the molecule is C/C(=N/NC(=S)N1CCOCC1)c1ccccn1. The molecule has 0 spiro atoms. The Labute approximate surface area is 112 Å². The number of morpholine rings is 1. The Morgan fingerprint density at radius 3 is 2.89 bits per heavy atom. The second-order valence-corrected chi connectivity index (χ2v) is 4.32. The average Bonchev–Trinajstić information content (AvgIpc) is 2.46. The highest BCUT2D eigenvalue weighted by Gasteiger charge is 2.12. The van der Waals surface area contributed by atoms with Crippen molar-refractivity contribution in [1.29, 1.82) is 0 Å². The Balaban J connectivity index is 1.91. The molecule has 1 aromatic heterocycles. The Kier molecular flexibility index (Phi) is 4.60. The maximum Gasteiger partial charge on any atom is 0.189 e. The van der Waals surface area contributed by atoms with Gasteiger partial charge in [-0.25, -0.2) is 0 Å². The zero-order chi connectivity index (χ0) is 12.8. The third-order valence-electron chi connectivity index (χ3n) is 2.65. The van der Waals surface area contributed by atoms with E-state index in [4.69, 9.17) is 17.0 Å². The van der Waals surface area contributed by atoms with Gasteiger partial charge in [0.2, 0.25) is 0 Å². The van der Waals surface area contributed by atoms with E-state index in [-0.39, 0.29) is 0 Å². The number of pyridine rings is 1. The molecule has 1 aliphatic heterocycles. The molecule has 0 aliphatic carbocycles. The lowest BCUT2D eigenvalue weighted by Crippen LogP contribution is -2.44. The van der Waals surface area contributed by atoms with Crippen LogP contribution in [0.25, 0.3) is 0 Å².